The van der Waals surface area contributed by atoms with Gasteiger partial charge >= 0.3 is 6.09 Å². The molecule has 0 radical (unpaired) electrons. The van der Waals surface area contributed by atoms with Gasteiger partial charge in [-0.2, -0.15) is 4.98 Å². The Morgan fingerprint density at radius 2 is 1.81 bits per heavy atom. The van der Waals surface area contributed by atoms with E-state index in [4.69, 9.17) is 26.2 Å². The molecule has 1 saturated heterocycles. The van der Waals surface area contributed by atoms with Crippen molar-refractivity contribution >= 4 is 34.3 Å². The number of likely N-dealkylation sites (N-methyl/N-ethyl adjacent to an activating group) is 1. The molecule has 12 heteroatoms. The minimum Gasteiger partial charge on any atom is -0.465 e. The van der Waals surface area contributed by atoms with Crippen LogP contribution in [-0.4, -0.2) is 70.6 Å². The van der Waals surface area contributed by atoms with Gasteiger partial charge in [-0.3, -0.25) is 4.79 Å². The maximum Gasteiger partial charge on any atom is 0.404 e. The molecule has 2 N–H and O–H groups in total. The number of aromatic nitrogens is 3. The Bertz CT molecular complexity index is 1910. The van der Waals surface area contributed by atoms with E-state index in [-0.39, 0.29) is 28.1 Å². The van der Waals surface area contributed by atoms with Crippen LogP contribution in [0.5, 0.6) is 0 Å². The number of nitrogens with zero attached hydrogens (tertiary/aromatic N) is 5. The largest absolute Gasteiger partial charge is 0.465 e. The number of pyridine rings is 1. The third-order valence-electron chi connectivity index (χ3n) is 8.64. The molecule has 10 nitrogen and oxygen atoms in total. The normalized spacial score (nSPS) is 14.4. The summed E-state index contributed by atoms with van der Waals surface area (Å²) in [5, 5.41) is 16.4. The Balaban J connectivity index is 1.39. The minimum absolute atomic E-state index is 0.119. The number of piperazine rings is 1. The standard InChI is InChI=1S/C35H36ClFN6O4/c1-41-15-17-42(18-16-41)31-20-30-27(19-29(31)37)32(44)28(22-43(30)21-23-10-12-25(36)13-11-23)33-39-34(47-40-33)26(24-7-3-2-4-8-24)9-5-6-14-38-35(45)46/h2-4,7-8,10-13,19-20,22,26,38H,5-6,9,14-18,21H2,1H3,(H,45,46). The number of halogens is 2. The van der Waals surface area contributed by atoms with Crippen molar-refractivity contribution in [2.45, 2.75) is 31.7 Å². The summed E-state index contributed by atoms with van der Waals surface area (Å²) >= 11 is 6.15. The molecule has 244 valence electrons. The summed E-state index contributed by atoms with van der Waals surface area (Å²) in [6.45, 7) is 3.74. The van der Waals surface area contributed by atoms with Crippen molar-refractivity contribution in [2.24, 2.45) is 0 Å². The summed E-state index contributed by atoms with van der Waals surface area (Å²) < 4.78 is 23.4. The first-order valence-electron chi connectivity index (χ1n) is 15.7. The molecule has 47 heavy (non-hydrogen) atoms. The first-order chi connectivity index (χ1) is 22.8. The SMILES string of the molecule is CN1CCN(c2cc3c(cc2F)c(=O)c(-c2noc(C(CCCCNC(=O)O)c4ccccc4)n2)cn3Cc2ccc(Cl)cc2)CC1. The maximum absolute atomic E-state index is 15.7. The van der Waals surface area contributed by atoms with Crippen molar-refractivity contribution in [1.82, 2.24) is 24.9 Å². The topological polar surface area (TPSA) is 117 Å². The average molecular weight is 659 g/mol. The maximum atomic E-state index is 15.7. The van der Waals surface area contributed by atoms with Gasteiger partial charge in [0, 0.05) is 55.9 Å². The molecule has 1 amide bonds. The van der Waals surface area contributed by atoms with E-state index in [9.17, 15) is 9.59 Å². The van der Waals surface area contributed by atoms with E-state index in [1.54, 1.807) is 12.3 Å². The van der Waals surface area contributed by atoms with Crippen LogP contribution < -0.4 is 15.6 Å². The van der Waals surface area contributed by atoms with Crippen molar-refractivity contribution in [1.29, 1.82) is 0 Å². The van der Waals surface area contributed by atoms with Crippen LogP contribution in [0.1, 0.15) is 42.2 Å². The second-order valence-electron chi connectivity index (χ2n) is 11.9. The summed E-state index contributed by atoms with van der Waals surface area (Å²) in [5.74, 6) is -0.251. The van der Waals surface area contributed by atoms with Gasteiger partial charge in [-0.1, -0.05) is 65.6 Å². The number of carboxylic acid groups (broad SMARTS) is 1. The fraction of sp³-hybridized carbons (Fsp3) is 0.314. The highest BCUT2D eigenvalue weighted by molar-refractivity contribution is 6.30. The number of benzene rings is 3. The molecule has 6 rings (SSSR count). The molecular formula is C35H36ClFN6O4. The number of unbranched alkanes of at least 4 members (excludes halogenated alkanes) is 1. The molecule has 0 bridgehead atoms. The number of hydrogen-bond donors (Lipinski definition) is 2. The van der Waals surface area contributed by atoms with Gasteiger partial charge in [0.1, 0.15) is 5.82 Å². The summed E-state index contributed by atoms with van der Waals surface area (Å²) in [6.07, 6.45) is 2.63. The highest BCUT2D eigenvalue weighted by Gasteiger charge is 2.25. The Morgan fingerprint density at radius 1 is 1.06 bits per heavy atom. The van der Waals surface area contributed by atoms with Gasteiger partial charge < -0.3 is 29.3 Å². The molecule has 1 aliphatic rings. The van der Waals surface area contributed by atoms with Crippen LogP contribution in [0.2, 0.25) is 5.02 Å². The average Bonchev–Trinajstić information content (AvgIpc) is 3.55. The highest BCUT2D eigenvalue weighted by atomic mass is 35.5. The monoisotopic (exact) mass is 658 g/mol. The molecule has 2 aromatic heterocycles. The number of rotatable bonds is 11. The highest BCUT2D eigenvalue weighted by Crippen LogP contribution is 2.31. The van der Waals surface area contributed by atoms with Crippen LogP contribution in [0.4, 0.5) is 14.9 Å². The third-order valence-corrected chi connectivity index (χ3v) is 8.89. The number of anilines is 1. The van der Waals surface area contributed by atoms with Gasteiger partial charge in [-0.25, -0.2) is 9.18 Å². The van der Waals surface area contributed by atoms with E-state index in [1.807, 2.05) is 71.1 Å². The van der Waals surface area contributed by atoms with Crippen LogP contribution >= 0.6 is 11.6 Å². The number of nitrogens with one attached hydrogen (secondary N) is 1. The van der Waals surface area contributed by atoms with E-state index in [0.29, 0.717) is 67.6 Å². The smallest absolute Gasteiger partial charge is 0.404 e. The summed E-state index contributed by atoms with van der Waals surface area (Å²) in [5.41, 5.74) is 2.79. The molecule has 3 aromatic carbocycles. The fourth-order valence-corrected chi connectivity index (χ4v) is 6.16. The van der Waals surface area contributed by atoms with Crippen LogP contribution in [0.25, 0.3) is 22.3 Å². The van der Waals surface area contributed by atoms with Gasteiger partial charge in [-0.05, 0) is 55.3 Å². The number of amides is 1. The molecule has 1 unspecified atom stereocenters. The Hall–Kier alpha value is -4.74. The lowest BCUT2D eigenvalue weighted by atomic mass is 9.93. The van der Waals surface area contributed by atoms with Gasteiger partial charge in [0.25, 0.3) is 0 Å². The number of hydrogen-bond acceptors (Lipinski definition) is 7. The van der Waals surface area contributed by atoms with Crippen LogP contribution in [0, 0.1) is 5.82 Å². The van der Waals surface area contributed by atoms with E-state index >= 15 is 4.39 Å². The predicted octanol–water partition coefficient (Wildman–Crippen LogP) is 6.21. The molecule has 1 aliphatic heterocycles. The van der Waals surface area contributed by atoms with Crippen LogP contribution in [-0.2, 0) is 6.54 Å². The molecule has 0 aliphatic carbocycles. The molecule has 1 atom stereocenters. The van der Waals surface area contributed by atoms with E-state index in [1.165, 1.54) is 6.07 Å². The van der Waals surface area contributed by atoms with Gasteiger partial charge in [0.15, 0.2) is 0 Å². The number of fused-ring (bicyclic) bond motifs is 1. The van der Waals surface area contributed by atoms with Crippen LogP contribution in [0.3, 0.4) is 0 Å². The quantitative estimate of drug-likeness (QED) is 0.161. The molecule has 3 heterocycles. The Morgan fingerprint density at radius 3 is 2.53 bits per heavy atom. The second-order valence-corrected chi connectivity index (χ2v) is 12.3. The molecule has 5 aromatic rings. The Labute approximate surface area is 276 Å². The first kappa shape index (κ1) is 32.2. The van der Waals surface area contributed by atoms with Gasteiger partial charge in [0.2, 0.25) is 17.1 Å². The Kier molecular flexibility index (Phi) is 9.84. The fourth-order valence-electron chi connectivity index (χ4n) is 6.04. The van der Waals surface area contributed by atoms with Gasteiger partial charge in [-0.15, -0.1) is 0 Å². The lowest BCUT2D eigenvalue weighted by molar-refractivity contribution is 0.194. The molecule has 0 spiro atoms. The van der Waals surface area contributed by atoms with Crippen molar-refractivity contribution in [2.75, 3.05) is 44.7 Å². The first-order valence-corrected chi connectivity index (χ1v) is 16.0. The number of carbonyl (C=O) groups is 1. The van der Waals surface area contributed by atoms with Crippen molar-refractivity contribution in [3.63, 3.8) is 0 Å². The zero-order valence-electron chi connectivity index (χ0n) is 26.0. The molecule has 0 saturated carbocycles. The summed E-state index contributed by atoms with van der Waals surface area (Å²) in [7, 11) is 2.05. The third kappa shape index (κ3) is 7.47. The summed E-state index contributed by atoms with van der Waals surface area (Å²) in [4.78, 5) is 33.8. The zero-order valence-corrected chi connectivity index (χ0v) is 26.8. The second kappa shape index (κ2) is 14.4. The minimum atomic E-state index is -1.06. The lowest BCUT2D eigenvalue weighted by Gasteiger charge is -2.34. The molecular weight excluding hydrogens is 623 g/mol. The van der Waals surface area contributed by atoms with E-state index < -0.39 is 11.9 Å². The summed E-state index contributed by atoms with van der Waals surface area (Å²) in [6, 6.07) is 20.3. The predicted molar refractivity (Wildman–Crippen MR) is 180 cm³/mol. The van der Waals surface area contributed by atoms with E-state index in [0.717, 1.165) is 24.2 Å². The molecule has 1 fully saturated rings. The van der Waals surface area contributed by atoms with Gasteiger partial charge in [0.05, 0.1) is 22.7 Å². The zero-order chi connectivity index (χ0) is 32.9. The van der Waals surface area contributed by atoms with Crippen LogP contribution in [0.15, 0.2) is 82.2 Å². The van der Waals surface area contributed by atoms with E-state index in [2.05, 4.69) is 15.4 Å². The van der Waals surface area contributed by atoms with Crippen molar-refractivity contribution < 1.29 is 18.8 Å². The van der Waals surface area contributed by atoms with Crippen molar-refractivity contribution in [3.05, 3.63) is 111 Å². The lowest BCUT2D eigenvalue weighted by Crippen LogP contribution is -2.44. The van der Waals surface area contributed by atoms with Crippen molar-refractivity contribution in [3.8, 4) is 11.4 Å².